The quantitative estimate of drug-likeness (QED) is 0.160. The molecule has 0 spiro atoms. The maximum Gasteiger partial charge on any atom is 0.314 e. The van der Waals surface area contributed by atoms with E-state index in [4.69, 9.17) is 4.74 Å². The summed E-state index contributed by atoms with van der Waals surface area (Å²) in [6, 6.07) is 15.5. The molecule has 1 aliphatic rings. The monoisotopic (exact) mass is 468 g/mol. The first-order valence-electron chi connectivity index (χ1n) is 13.6. The average Bonchev–Trinajstić information content (AvgIpc) is 2.90. The molecule has 1 fully saturated rings. The largest absolute Gasteiger partial charge is 0.426 e. The van der Waals surface area contributed by atoms with Crippen molar-refractivity contribution in [2.45, 2.75) is 90.9 Å². The second-order valence-corrected chi connectivity index (χ2v) is 9.70. The van der Waals surface area contributed by atoms with Crippen LogP contribution in [0.1, 0.15) is 108 Å². The van der Waals surface area contributed by atoms with Crippen molar-refractivity contribution < 1.29 is 9.53 Å². The normalized spacial score (nSPS) is 17.0. The zero-order valence-electron chi connectivity index (χ0n) is 21.6. The molecule has 0 aromatic heterocycles. The molecule has 1 aliphatic carbocycles. The Bertz CT molecular complexity index is 1020. The third-order valence-corrected chi connectivity index (χ3v) is 6.86. The van der Waals surface area contributed by atoms with Gasteiger partial charge >= 0.3 is 5.97 Å². The van der Waals surface area contributed by atoms with Crippen LogP contribution in [0.15, 0.2) is 48.5 Å². The van der Waals surface area contributed by atoms with Gasteiger partial charge in [-0.25, -0.2) is 0 Å². The summed E-state index contributed by atoms with van der Waals surface area (Å²) >= 11 is 0. The summed E-state index contributed by atoms with van der Waals surface area (Å²) in [4.78, 5) is 12.7. The fourth-order valence-corrected chi connectivity index (χ4v) is 4.68. The number of hydrogen-bond acceptors (Lipinski definition) is 2. The number of hydrogen-bond donors (Lipinski definition) is 0. The zero-order chi connectivity index (χ0) is 24.7. The molecule has 2 aromatic rings. The maximum absolute atomic E-state index is 12.7. The number of carbonyl (C=O) groups is 1. The lowest BCUT2D eigenvalue weighted by Crippen LogP contribution is -2.25. The highest BCUT2D eigenvalue weighted by molar-refractivity contribution is 5.75. The van der Waals surface area contributed by atoms with Crippen LogP contribution in [-0.2, 0) is 4.79 Å². The fourth-order valence-electron chi connectivity index (χ4n) is 4.68. The Morgan fingerprint density at radius 2 is 1.29 bits per heavy atom. The van der Waals surface area contributed by atoms with Gasteiger partial charge < -0.3 is 4.74 Å². The molecule has 3 rings (SSSR count). The Kier molecular flexibility index (Phi) is 11.5. The van der Waals surface area contributed by atoms with Gasteiger partial charge in [-0.3, -0.25) is 4.79 Å². The lowest BCUT2D eigenvalue weighted by molar-refractivity contribution is -0.140. The fraction of sp³-hybridized carbons (Fsp3) is 0.485. The van der Waals surface area contributed by atoms with Gasteiger partial charge in [0.05, 0.1) is 5.92 Å². The second-order valence-electron chi connectivity index (χ2n) is 9.70. The Hall–Kier alpha value is -2.97. The zero-order valence-corrected chi connectivity index (χ0v) is 21.6. The lowest BCUT2D eigenvalue weighted by Gasteiger charge is -2.27. The minimum Gasteiger partial charge on any atom is -0.426 e. The molecule has 0 radical (unpaired) electrons. The standard InChI is InChI=1S/C33H40O2/c1-3-5-7-8-9-10-12-28-19-23-31(24-20-28)33(34)35-32-25-21-30(22-26-32)18-17-29-15-13-27(14-16-29)11-6-4-2/h13-16,21-22,25-26,28,31H,3-5,7-10,12,19-20,23-24H2,1-2H3. The third-order valence-electron chi connectivity index (χ3n) is 6.86. The van der Waals surface area contributed by atoms with Crippen LogP contribution in [0.5, 0.6) is 5.75 Å². The maximum atomic E-state index is 12.7. The summed E-state index contributed by atoms with van der Waals surface area (Å²) in [6.07, 6.45) is 14.6. The van der Waals surface area contributed by atoms with Crippen molar-refractivity contribution >= 4 is 5.97 Å². The van der Waals surface area contributed by atoms with Crippen molar-refractivity contribution in [3.8, 4) is 29.4 Å². The molecule has 2 aromatic carbocycles. The van der Waals surface area contributed by atoms with E-state index in [2.05, 4.69) is 30.6 Å². The lowest BCUT2D eigenvalue weighted by atomic mass is 9.80. The highest BCUT2D eigenvalue weighted by atomic mass is 16.5. The highest BCUT2D eigenvalue weighted by Crippen LogP contribution is 2.33. The van der Waals surface area contributed by atoms with Gasteiger partial charge in [0.1, 0.15) is 5.75 Å². The summed E-state index contributed by atoms with van der Waals surface area (Å²) in [5, 5.41) is 0. The Morgan fingerprint density at radius 1 is 0.743 bits per heavy atom. The first-order chi connectivity index (χ1) is 17.2. The van der Waals surface area contributed by atoms with E-state index in [0.29, 0.717) is 5.75 Å². The van der Waals surface area contributed by atoms with Crippen molar-refractivity contribution in [3.05, 3.63) is 65.2 Å². The van der Waals surface area contributed by atoms with E-state index in [1.165, 1.54) is 44.9 Å². The number of benzene rings is 2. The van der Waals surface area contributed by atoms with E-state index in [1.807, 2.05) is 55.5 Å². The summed E-state index contributed by atoms with van der Waals surface area (Å²) in [5.41, 5.74) is 2.86. The van der Waals surface area contributed by atoms with Crippen LogP contribution >= 0.6 is 0 Å². The Balaban J connectivity index is 1.40. The van der Waals surface area contributed by atoms with E-state index in [-0.39, 0.29) is 11.9 Å². The molecule has 184 valence electrons. The van der Waals surface area contributed by atoms with Gasteiger partial charge in [-0.1, -0.05) is 82.5 Å². The molecule has 0 unspecified atom stereocenters. The van der Waals surface area contributed by atoms with Crippen molar-refractivity contribution in [1.29, 1.82) is 0 Å². The molecule has 0 bridgehead atoms. The Morgan fingerprint density at radius 3 is 1.89 bits per heavy atom. The van der Waals surface area contributed by atoms with Crippen LogP contribution in [0, 0.1) is 35.5 Å². The second kappa shape index (κ2) is 15.1. The number of esters is 1. The van der Waals surface area contributed by atoms with Crippen LogP contribution in [0.4, 0.5) is 0 Å². The molecule has 0 saturated heterocycles. The van der Waals surface area contributed by atoms with E-state index < -0.39 is 0 Å². The number of rotatable bonds is 9. The smallest absolute Gasteiger partial charge is 0.314 e. The molecule has 2 nitrogen and oxygen atoms in total. The van der Waals surface area contributed by atoms with Gasteiger partial charge in [-0.2, -0.15) is 0 Å². The predicted octanol–water partition coefficient (Wildman–Crippen LogP) is 8.31. The van der Waals surface area contributed by atoms with Crippen LogP contribution in [0.2, 0.25) is 0 Å². The topological polar surface area (TPSA) is 26.3 Å². The molecule has 0 amide bonds. The summed E-state index contributed by atoms with van der Waals surface area (Å²) < 4.78 is 5.69. The number of ether oxygens (including phenoxy) is 1. The van der Waals surface area contributed by atoms with E-state index in [1.54, 1.807) is 0 Å². The molecular weight excluding hydrogens is 428 g/mol. The number of unbranched alkanes of at least 4 members (excludes halogenated alkanes) is 5. The van der Waals surface area contributed by atoms with Crippen molar-refractivity contribution in [1.82, 2.24) is 0 Å². The van der Waals surface area contributed by atoms with Crippen molar-refractivity contribution in [3.63, 3.8) is 0 Å². The first kappa shape index (κ1) is 26.6. The van der Waals surface area contributed by atoms with Gasteiger partial charge in [-0.05, 0) is 80.1 Å². The predicted molar refractivity (Wildman–Crippen MR) is 145 cm³/mol. The molecule has 0 N–H and O–H groups in total. The molecule has 35 heavy (non-hydrogen) atoms. The summed E-state index contributed by atoms with van der Waals surface area (Å²) in [7, 11) is 0. The summed E-state index contributed by atoms with van der Waals surface area (Å²) in [6.45, 7) is 4.31. The van der Waals surface area contributed by atoms with Gasteiger partial charge in [-0.15, -0.1) is 0 Å². The Labute approximate surface area is 212 Å². The van der Waals surface area contributed by atoms with E-state index in [0.717, 1.165) is 54.7 Å². The highest BCUT2D eigenvalue weighted by Gasteiger charge is 2.27. The van der Waals surface area contributed by atoms with Crippen molar-refractivity contribution in [2.75, 3.05) is 0 Å². The third kappa shape index (κ3) is 9.66. The average molecular weight is 469 g/mol. The van der Waals surface area contributed by atoms with Crippen LogP contribution < -0.4 is 4.74 Å². The van der Waals surface area contributed by atoms with Gasteiger partial charge in [0.25, 0.3) is 0 Å². The molecule has 0 aliphatic heterocycles. The molecule has 0 heterocycles. The van der Waals surface area contributed by atoms with Gasteiger partial charge in [0.15, 0.2) is 0 Å². The van der Waals surface area contributed by atoms with Gasteiger partial charge in [0, 0.05) is 23.1 Å². The SMILES string of the molecule is CCC#Cc1ccc(C#Cc2ccc(OC(=O)C3CCC(CCCCCCCC)CC3)cc2)cc1. The minimum absolute atomic E-state index is 0.0419. The van der Waals surface area contributed by atoms with Gasteiger partial charge in [0.2, 0.25) is 0 Å². The summed E-state index contributed by atoms with van der Waals surface area (Å²) in [5.74, 6) is 13.9. The molecule has 2 heteroatoms. The van der Waals surface area contributed by atoms with Crippen LogP contribution in [0.3, 0.4) is 0 Å². The minimum atomic E-state index is -0.0758. The number of carbonyl (C=O) groups excluding carboxylic acids is 1. The van der Waals surface area contributed by atoms with Crippen LogP contribution in [0.25, 0.3) is 0 Å². The molecule has 0 atom stereocenters. The molecule has 1 saturated carbocycles. The first-order valence-corrected chi connectivity index (χ1v) is 13.6. The van der Waals surface area contributed by atoms with E-state index >= 15 is 0 Å². The van der Waals surface area contributed by atoms with E-state index in [9.17, 15) is 4.79 Å². The van der Waals surface area contributed by atoms with Crippen molar-refractivity contribution in [2.24, 2.45) is 11.8 Å². The van der Waals surface area contributed by atoms with Crippen LogP contribution in [-0.4, -0.2) is 5.97 Å². The molecular formula is C33H40O2.